The normalized spacial score (nSPS) is 20.1. The summed E-state index contributed by atoms with van der Waals surface area (Å²) >= 11 is 3.29. The zero-order valence-corrected chi connectivity index (χ0v) is 10.5. The molecule has 0 spiro atoms. The van der Waals surface area contributed by atoms with Crippen molar-refractivity contribution in [2.75, 3.05) is 19.6 Å². The Hall–Kier alpha value is -0.940. The average Bonchev–Trinajstić information content (AvgIpc) is 2.77. The van der Waals surface area contributed by atoms with Crippen LogP contribution in [0.25, 0.3) is 0 Å². The molecular weight excluding hydrogens is 270 g/mol. The lowest BCUT2D eigenvalue weighted by Crippen LogP contribution is -2.30. The molecule has 16 heavy (non-hydrogen) atoms. The quantitative estimate of drug-likeness (QED) is 0.889. The number of halogens is 1. The first-order valence-corrected chi connectivity index (χ1v) is 6.11. The second kappa shape index (κ2) is 4.93. The van der Waals surface area contributed by atoms with E-state index >= 15 is 0 Å². The highest BCUT2D eigenvalue weighted by Gasteiger charge is 2.26. The predicted molar refractivity (Wildman–Crippen MR) is 65.0 cm³/mol. The Bertz CT molecular complexity index is 379. The van der Waals surface area contributed by atoms with Gasteiger partial charge in [-0.2, -0.15) is 0 Å². The van der Waals surface area contributed by atoms with Gasteiger partial charge in [0.05, 0.1) is 0 Å². The lowest BCUT2D eigenvalue weighted by Gasteiger charge is -2.15. The molecule has 1 fully saturated rings. The number of nitrogens with two attached hydrogens (primary N) is 1. The lowest BCUT2D eigenvalue weighted by atomic mass is 10.1. The van der Waals surface area contributed by atoms with Crippen molar-refractivity contribution in [2.45, 2.75) is 6.42 Å². The maximum Gasteiger partial charge on any atom is 0.272 e. The third-order valence-electron chi connectivity index (χ3n) is 2.85. The van der Waals surface area contributed by atoms with E-state index in [2.05, 4.69) is 20.9 Å². The first-order valence-electron chi connectivity index (χ1n) is 5.31. The number of amides is 1. The Kier molecular flexibility index (Phi) is 3.56. The number of pyridine rings is 1. The summed E-state index contributed by atoms with van der Waals surface area (Å²) in [6, 6.07) is 3.57. The summed E-state index contributed by atoms with van der Waals surface area (Å²) in [6.45, 7) is 2.20. The van der Waals surface area contributed by atoms with Crippen molar-refractivity contribution < 1.29 is 4.79 Å². The van der Waals surface area contributed by atoms with Crippen molar-refractivity contribution in [1.29, 1.82) is 0 Å². The zero-order valence-electron chi connectivity index (χ0n) is 8.90. The van der Waals surface area contributed by atoms with Gasteiger partial charge in [-0.3, -0.25) is 4.79 Å². The van der Waals surface area contributed by atoms with Crippen LogP contribution in [0, 0.1) is 5.92 Å². The summed E-state index contributed by atoms with van der Waals surface area (Å²) in [7, 11) is 0. The van der Waals surface area contributed by atoms with E-state index < -0.39 is 0 Å². The predicted octanol–water partition coefficient (Wildman–Crippen LogP) is 1.26. The van der Waals surface area contributed by atoms with Gasteiger partial charge in [0.2, 0.25) is 0 Å². The Morgan fingerprint density at radius 1 is 1.62 bits per heavy atom. The minimum Gasteiger partial charge on any atom is -0.337 e. The van der Waals surface area contributed by atoms with Gasteiger partial charge in [0.15, 0.2) is 0 Å². The van der Waals surface area contributed by atoms with Gasteiger partial charge < -0.3 is 10.6 Å². The SMILES string of the molecule is NCC1CCN(C(=O)c2ccc(Br)cn2)C1. The van der Waals surface area contributed by atoms with E-state index in [1.54, 1.807) is 12.3 Å². The summed E-state index contributed by atoms with van der Waals surface area (Å²) in [5.41, 5.74) is 6.10. The molecule has 1 aliphatic heterocycles. The molecule has 2 N–H and O–H groups in total. The van der Waals surface area contributed by atoms with Gasteiger partial charge in [-0.15, -0.1) is 0 Å². The smallest absolute Gasteiger partial charge is 0.272 e. The lowest BCUT2D eigenvalue weighted by molar-refractivity contribution is 0.0782. The first-order chi connectivity index (χ1) is 7.70. The molecule has 1 amide bonds. The molecule has 5 heteroatoms. The second-order valence-electron chi connectivity index (χ2n) is 4.00. The number of aromatic nitrogens is 1. The molecule has 1 aromatic heterocycles. The van der Waals surface area contributed by atoms with Gasteiger partial charge in [0, 0.05) is 23.8 Å². The fraction of sp³-hybridized carbons (Fsp3) is 0.455. The first kappa shape index (κ1) is 11.5. The van der Waals surface area contributed by atoms with E-state index in [1.807, 2.05) is 11.0 Å². The largest absolute Gasteiger partial charge is 0.337 e. The van der Waals surface area contributed by atoms with Crippen LogP contribution in [-0.2, 0) is 0 Å². The molecule has 1 aromatic rings. The molecule has 86 valence electrons. The molecule has 1 unspecified atom stereocenters. The Balaban J connectivity index is 2.05. The highest BCUT2D eigenvalue weighted by Crippen LogP contribution is 2.17. The standard InChI is InChI=1S/C11H14BrN3O/c12-9-1-2-10(14-6-9)11(16)15-4-3-8(5-13)7-15/h1-2,6,8H,3-5,7,13H2. The van der Waals surface area contributed by atoms with Crippen molar-refractivity contribution in [3.05, 3.63) is 28.5 Å². The minimum atomic E-state index is 0.00319. The highest BCUT2D eigenvalue weighted by atomic mass is 79.9. The summed E-state index contributed by atoms with van der Waals surface area (Å²) in [6.07, 6.45) is 2.64. The molecule has 4 nitrogen and oxygen atoms in total. The second-order valence-corrected chi connectivity index (χ2v) is 4.92. The molecule has 1 atom stereocenters. The van der Waals surface area contributed by atoms with E-state index in [0.717, 1.165) is 24.0 Å². The molecule has 0 aliphatic carbocycles. The van der Waals surface area contributed by atoms with Crippen molar-refractivity contribution in [2.24, 2.45) is 11.7 Å². The molecule has 2 rings (SSSR count). The molecule has 1 saturated heterocycles. The van der Waals surface area contributed by atoms with E-state index in [0.29, 0.717) is 18.2 Å². The van der Waals surface area contributed by atoms with Crippen molar-refractivity contribution in [3.8, 4) is 0 Å². The van der Waals surface area contributed by atoms with Gasteiger partial charge in [0.25, 0.3) is 5.91 Å². The number of carbonyl (C=O) groups is 1. The summed E-state index contributed by atoms with van der Waals surface area (Å²) in [5, 5.41) is 0. The third-order valence-corrected chi connectivity index (χ3v) is 3.32. The molecule has 0 bridgehead atoms. The fourth-order valence-corrected chi connectivity index (χ4v) is 2.11. The van der Waals surface area contributed by atoms with Crippen molar-refractivity contribution in [3.63, 3.8) is 0 Å². The van der Waals surface area contributed by atoms with Crippen LogP contribution in [0.15, 0.2) is 22.8 Å². The monoisotopic (exact) mass is 283 g/mol. The maximum atomic E-state index is 12.0. The molecule has 0 radical (unpaired) electrons. The molecule has 0 aromatic carbocycles. The van der Waals surface area contributed by atoms with Crippen LogP contribution in [0.4, 0.5) is 0 Å². The average molecular weight is 284 g/mol. The van der Waals surface area contributed by atoms with Gasteiger partial charge in [-0.1, -0.05) is 0 Å². The Morgan fingerprint density at radius 2 is 2.44 bits per heavy atom. The van der Waals surface area contributed by atoms with Crippen molar-refractivity contribution in [1.82, 2.24) is 9.88 Å². The van der Waals surface area contributed by atoms with Crippen LogP contribution in [0.1, 0.15) is 16.9 Å². The zero-order chi connectivity index (χ0) is 11.5. The van der Waals surface area contributed by atoms with Gasteiger partial charge >= 0.3 is 0 Å². The van der Waals surface area contributed by atoms with E-state index in [1.165, 1.54) is 0 Å². The topological polar surface area (TPSA) is 59.2 Å². The fourth-order valence-electron chi connectivity index (χ4n) is 1.87. The number of nitrogens with zero attached hydrogens (tertiary/aromatic N) is 2. The van der Waals surface area contributed by atoms with Crippen molar-refractivity contribution >= 4 is 21.8 Å². The Morgan fingerprint density at radius 3 is 3.00 bits per heavy atom. The van der Waals surface area contributed by atoms with Crippen LogP contribution in [0.5, 0.6) is 0 Å². The van der Waals surface area contributed by atoms with Crippen LogP contribution >= 0.6 is 15.9 Å². The van der Waals surface area contributed by atoms with Crippen LogP contribution < -0.4 is 5.73 Å². The van der Waals surface area contributed by atoms with E-state index in [9.17, 15) is 4.79 Å². The third kappa shape index (κ3) is 2.41. The molecular formula is C11H14BrN3O. The summed E-state index contributed by atoms with van der Waals surface area (Å²) in [4.78, 5) is 18.0. The van der Waals surface area contributed by atoms with Crippen LogP contribution in [-0.4, -0.2) is 35.4 Å². The minimum absolute atomic E-state index is 0.00319. The number of rotatable bonds is 2. The summed E-state index contributed by atoms with van der Waals surface area (Å²) < 4.78 is 0.880. The summed E-state index contributed by atoms with van der Waals surface area (Å²) in [5.74, 6) is 0.447. The molecule has 1 aliphatic rings. The number of carbonyl (C=O) groups excluding carboxylic acids is 1. The number of likely N-dealkylation sites (tertiary alicyclic amines) is 1. The maximum absolute atomic E-state index is 12.0. The number of hydrogen-bond donors (Lipinski definition) is 1. The highest BCUT2D eigenvalue weighted by molar-refractivity contribution is 9.10. The van der Waals surface area contributed by atoms with Crippen LogP contribution in [0.3, 0.4) is 0 Å². The van der Waals surface area contributed by atoms with Crippen LogP contribution in [0.2, 0.25) is 0 Å². The van der Waals surface area contributed by atoms with E-state index in [4.69, 9.17) is 5.73 Å². The number of hydrogen-bond acceptors (Lipinski definition) is 3. The van der Waals surface area contributed by atoms with Gasteiger partial charge in [-0.05, 0) is 46.9 Å². The molecule has 0 saturated carbocycles. The Labute approximate surface area is 103 Å². The molecule has 2 heterocycles. The van der Waals surface area contributed by atoms with E-state index in [-0.39, 0.29) is 5.91 Å². The van der Waals surface area contributed by atoms with Gasteiger partial charge in [0.1, 0.15) is 5.69 Å². The van der Waals surface area contributed by atoms with Gasteiger partial charge in [-0.25, -0.2) is 4.98 Å².